The number of rotatable bonds is 6. The number of guanidine groups is 1. The van der Waals surface area contributed by atoms with Crippen molar-refractivity contribution in [1.82, 2.24) is 15.5 Å². The summed E-state index contributed by atoms with van der Waals surface area (Å²) in [6.07, 6.45) is 1.78. The smallest absolute Gasteiger partial charge is 0.191 e. The van der Waals surface area contributed by atoms with Crippen LogP contribution in [0, 0.1) is 5.82 Å². The van der Waals surface area contributed by atoms with Gasteiger partial charge < -0.3 is 15.4 Å². The third-order valence-corrected chi connectivity index (χ3v) is 3.84. The molecule has 0 aliphatic carbocycles. The number of nitrogens with one attached hydrogen (secondary N) is 2. The van der Waals surface area contributed by atoms with Crippen molar-refractivity contribution < 1.29 is 9.13 Å². The zero-order chi connectivity index (χ0) is 16.5. The molecule has 0 radical (unpaired) electrons. The highest BCUT2D eigenvalue weighted by molar-refractivity contribution is 5.79. The molecular weight excluding hydrogens is 295 g/mol. The summed E-state index contributed by atoms with van der Waals surface area (Å²) in [5, 5.41) is 6.49. The molecule has 1 heterocycles. The summed E-state index contributed by atoms with van der Waals surface area (Å²) in [5.41, 5.74) is 1.08. The van der Waals surface area contributed by atoms with E-state index in [-0.39, 0.29) is 11.9 Å². The second kappa shape index (κ2) is 9.27. The van der Waals surface area contributed by atoms with Gasteiger partial charge in [-0.2, -0.15) is 0 Å². The molecule has 1 aromatic rings. The quantitative estimate of drug-likeness (QED) is 0.474. The molecule has 0 bridgehead atoms. The van der Waals surface area contributed by atoms with Crippen molar-refractivity contribution in [3.63, 3.8) is 0 Å². The normalized spacial score (nSPS) is 17.6. The van der Waals surface area contributed by atoms with Crippen LogP contribution in [0.3, 0.4) is 0 Å². The minimum atomic E-state index is -0.217. The maximum absolute atomic E-state index is 13.2. The van der Waals surface area contributed by atoms with E-state index in [1.165, 1.54) is 12.1 Å². The van der Waals surface area contributed by atoms with Crippen LogP contribution >= 0.6 is 0 Å². The lowest BCUT2D eigenvalue weighted by Gasteiger charge is -2.35. The number of nitrogens with zero attached hydrogens (tertiary/aromatic N) is 2. The van der Waals surface area contributed by atoms with Gasteiger partial charge in [-0.25, -0.2) is 4.39 Å². The number of aliphatic imine (C=N–C) groups is 1. The highest BCUT2D eigenvalue weighted by Crippen LogP contribution is 2.21. The van der Waals surface area contributed by atoms with Crippen LogP contribution in [0.4, 0.5) is 4.39 Å². The molecule has 0 saturated carbocycles. The van der Waals surface area contributed by atoms with Gasteiger partial charge in [-0.15, -0.1) is 6.58 Å². The van der Waals surface area contributed by atoms with Gasteiger partial charge in [-0.3, -0.25) is 9.89 Å². The van der Waals surface area contributed by atoms with E-state index in [1.807, 2.05) is 12.1 Å². The van der Waals surface area contributed by atoms with Crippen LogP contribution in [0.15, 0.2) is 41.9 Å². The Morgan fingerprint density at radius 2 is 2.04 bits per heavy atom. The van der Waals surface area contributed by atoms with E-state index in [1.54, 1.807) is 13.1 Å². The molecule has 1 aliphatic heterocycles. The van der Waals surface area contributed by atoms with Crippen molar-refractivity contribution in [3.05, 3.63) is 48.3 Å². The van der Waals surface area contributed by atoms with Crippen LogP contribution in [-0.2, 0) is 4.74 Å². The lowest BCUT2D eigenvalue weighted by Crippen LogP contribution is -2.46. The fraction of sp³-hybridized carbons (Fsp3) is 0.471. The summed E-state index contributed by atoms with van der Waals surface area (Å²) in [6, 6.07) is 6.84. The molecule has 0 aromatic heterocycles. The van der Waals surface area contributed by atoms with E-state index in [4.69, 9.17) is 4.74 Å². The van der Waals surface area contributed by atoms with Gasteiger partial charge in [0.25, 0.3) is 0 Å². The average Bonchev–Trinajstić information content (AvgIpc) is 2.60. The van der Waals surface area contributed by atoms with E-state index in [0.717, 1.165) is 37.8 Å². The first kappa shape index (κ1) is 17.4. The highest BCUT2D eigenvalue weighted by Gasteiger charge is 2.22. The van der Waals surface area contributed by atoms with Crippen molar-refractivity contribution in [2.24, 2.45) is 4.99 Å². The number of ether oxygens (including phenoxy) is 1. The van der Waals surface area contributed by atoms with Gasteiger partial charge in [0, 0.05) is 33.2 Å². The van der Waals surface area contributed by atoms with E-state index in [0.29, 0.717) is 13.1 Å². The van der Waals surface area contributed by atoms with Crippen molar-refractivity contribution >= 4 is 5.96 Å². The molecule has 1 aromatic carbocycles. The zero-order valence-electron chi connectivity index (χ0n) is 13.6. The maximum atomic E-state index is 13.2. The molecule has 1 aliphatic rings. The molecule has 2 rings (SSSR count). The van der Waals surface area contributed by atoms with E-state index >= 15 is 0 Å². The first-order valence-corrected chi connectivity index (χ1v) is 7.87. The summed E-state index contributed by atoms with van der Waals surface area (Å²) in [6.45, 7) is 8.20. The molecule has 23 heavy (non-hydrogen) atoms. The van der Waals surface area contributed by atoms with Gasteiger partial charge >= 0.3 is 0 Å². The van der Waals surface area contributed by atoms with Crippen LogP contribution in [-0.4, -0.2) is 57.3 Å². The number of benzene rings is 1. The summed E-state index contributed by atoms with van der Waals surface area (Å²) in [4.78, 5) is 6.55. The molecular formula is C17H25FN4O. The van der Waals surface area contributed by atoms with Gasteiger partial charge in [0.15, 0.2) is 5.96 Å². The highest BCUT2D eigenvalue weighted by atomic mass is 19.1. The first-order valence-electron chi connectivity index (χ1n) is 7.87. The molecule has 6 heteroatoms. The van der Waals surface area contributed by atoms with Crippen LogP contribution < -0.4 is 10.6 Å². The summed E-state index contributed by atoms with van der Waals surface area (Å²) in [7, 11) is 1.74. The van der Waals surface area contributed by atoms with Gasteiger partial charge in [-0.1, -0.05) is 18.2 Å². The molecule has 1 saturated heterocycles. The molecule has 2 N–H and O–H groups in total. The fourth-order valence-corrected chi connectivity index (χ4v) is 2.61. The predicted octanol–water partition coefficient (Wildman–Crippen LogP) is 1.55. The Labute approximate surface area is 137 Å². The number of hydrogen-bond acceptors (Lipinski definition) is 3. The van der Waals surface area contributed by atoms with Gasteiger partial charge in [0.05, 0.1) is 19.3 Å². The standard InChI is InChI=1S/C17H25FN4O/c1-3-8-20-17(19-2)21-13-16(22-9-11-23-12-10-22)14-4-6-15(18)7-5-14/h3-7,16H,1,8-13H2,2H3,(H2,19,20,21). The molecule has 1 atom stereocenters. The maximum Gasteiger partial charge on any atom is 0.191 e. The third kappa shape index (κ3) is 5.33. The Hall–Kier alpha value is -1.92. The van der Waals surface area contributed by atoms with Crippen LogP contribution in [0.1, 0.15) is 11.6 Å². The number of hydrogen-bond donors (Lipinski definition) is 2. The van der Waals surface area contributed by atoms with Gasteiger partial charge in [0.1, 0.15) is 5.82 Å². The van der Waals surface area contributed by atoms with Crippen LogP contribution in [0.2, 0.25) is 0 Å². The minimum Gasteiger partial charge on any atom is -0.379 e. The predicted molar refractivity (Wildman–Crippen MR) is 91.1 cm³/mol. The van der Waals surface area contributed by atoms with Gasteiger partial charge in [0.2, 0.25) is 0 Å². The molecule has 1 unspecified atom stereocenters. The first-order chi connectivity index (χ1) is 11.2. The Balaban J connectivity index is 2.06. The Morgan fingerprint density at radius 1 is 1.35 bits per heavy atom. The topological polar surface area (TPSA) is 48.9 Å². The zero-order valence-corrected chi connectivity index (χ0v) is 13.6. The lowest BCUT2D eigenvalue weighted by atomic mass is 10.0. The van der Waals surface area contributed by atoms with Crippen molar-refractivity contribution in [2.75, 3.05) is 46.4 Å². The Morgan fingerprint density at radius 3 is 2.65 bits per heavy atom. The third-order valence-electron chi connectivity index (χ3n) is 3.84. The van der Waals surface area contributed by atoms with E-state index < -0.39 is 0 Å². The minimum absolute atomic E-state index is 0.141. The molecule has 5 nitrogen and oxygen atoms in total. The second-order valence-electron chi connectivity index (χ2n) is 5.34. The van der Waals surface area contributed by atoms with Crippen molar-refractivity contribution in [3.8, 4) is 0 Å². The number of morpholine rings is 1. The van der Waals surface area contributed by atoms with E-state index in [2.05, 4.69) is 27.1 Å². The van der Waals surface area contributed by atoms with E-state index in [9.17, 15) is 4.39 Å². The fourth-order valence-electron chi connectivity index (χ4n) is 2.61. The van der Waals surface area contributed by atoms with Gasteiger partial charge in [-0.05, 0) is 17.7 Å². The summed E-state index contributed by atoms with van der Waals surface area (Å²) in [5.74, 6) is 0.510. The summed E-state index contributed by atoms with van der Waals surface area (Å²) < 4.78 is 18.6. The van der Waals surface area contributed by atoms with Crippen molar-refractivity contribution in [2.45, 2.75) is 6.04 Å². The molecule has 0 amide bonds. The molecule has 0 spiro atoms. The largest absolute Gasteiger partial charge is 0.379 e. The van der Waals surface area contributed by atoms with Crippen LogP contribution in [0.5, 0.6) is 0 Å². The average molecular weight is 320 g/mol. The van der Waals surface area contributed by atoms with Crippen molar-refractivity contribution in [1.29, 1.82) is 0 Å². The molecule has 126 valence electrons. The monoisotopic (exact) mass is 320 g/mol. The van der Waals surface area contributed by atoms with Crippen LogP contribution in [0.25, 0.3) is 0 Å². The SMILES string of the molecule is C=CCNC(=NC)NCC(c1ccc(F)cc1)N1CCOCC1. The number of halogens is 1. The lowest BCUT2D eigenvalue weighted by molar-refractivity contribution is 0.0170. The summed E-state index contributed by atoms with van der Waals surface area (Å²) >= 11 is 0. The Bertz CT molecular complexity index is 512. The molecule has 1 fully saturated rings. The Kier molecular flexibility index (Phi) is 7.03. The second-order valence-corrected chi connectivity index (χ2v) is 5.34.